The Kier molecular flexibility index (Phi) is 11.7. The first-order valence-electron chi connectivity index (χ1n) is 6.31. The number of hydrogen-bond acceptors (Lipinski definition) is 3. The van der Waals surface area contributed by atoms with E-state index in [-0.39, 0.29) is 13.2 Å². The molecule has 0 saturated carbocycles. The van der Waals surface area contributed by atoms with Crippen molar-refractivity contribution in [2.24, 2.45) is 0 Å². The fraction of sp³-hybridized carbons (Fsp3) is 0.385. The number of aliphatic hydroxyl groups is 1. The Morgan fingerprint density at radius 3 is 1.88 bits per heavy atom. The monoisotopic (exact) mass is 414 g/mol. The molecule has 0 saturated heterocycles. The van der Waals surface area contributed by atoms with Gasteiger partial charge in [0.25, 0.3) is 0 Å². The molecular weight excluding hydrogens is 401 g/mol. The lowest BCUT2D eigenvalue weighted by Gasteiger charge is -2.13. The largest absolute Gasteiger partial charge is 0.390 e. The summed E-state index contributed by atoms with van der Waals surface area (Å²) in [5.41, 5.74) is -1.05. The van der Waals surface area contributed by atoms with Gasteiger partial charge in [-0.2, -0.15) is 0 Å². The molecule has 0 aliphatic heterocycles. The first-order valence-corrected chi connectivity index (χ1v) is 9.41. The van der Waals surface area contributed by atoms with E-state index in [4.69, 9.17) is 9.63 Å². The predicted molar refractivity (Wildman–Crippen MR) is 82.4 cm³/mol. The molecule has 1 atom stereocenters. The second-order valence-electron chi connectivity index (χ2n) is 4.27. The lowest BCUT2D eigenvalue weighted by Crippen LogP contribution is -2.21. The zero-order valence-electron chi connectivity index (χ0n) is 12.1. The molecule has 2 N–H and O–H groups in total. The molecule has 1 aromatic rings. The zero-order valence-corrected chi connectivity index (χ0v) is 14.5. The maximum atomic E-state index is 13.3. The molecule has 11 heteroatoms. The molecule has 0 heterocycles. The van der Waals surface area contributed by atoms with Gasteiger partial charge in [0.15, 0.2) is 23.3 Å². The molecule has 0 radical (unpaired) electrons. The molecule has 0 bridgehead atoms. The molecule has 0 aliphatic rings. The number of hydrogen-bond donors (Lipinski definition) is 2. The van der Waals surface area contributed by atoms with Crippen LogP contribution in [0.1, 0.15) is 12.0 Å². The van der Waals surface area contributed by atoms with Gasteiger partial charge in [0, 0.05) is 12.0 Å². The fourth-order valence-electron chi connectivity index (χ4n) is 1.51. The third kappa shape index (κ3) is 8.05. The lowest BCUT2D eigenvalue weighted by molar-refractivity contribution is 0.0380. The summed E-state index contributed by atoms with van der Waals surface area (Å²) >= 11 is 9.32. The quantitative estimate of drug-likeness (QED) is 0.172. The van der Waals surface area contributed by atoms with Gasteiger partial charge in [0.05, 0.1) is 19.3 Å². The SMILES string of the molecule is C=CCCOCC(O)Cc1c(F)c(F)c(F)c(F)c1F.OP(Cl)Cl. The Morgan fingerprint density at radius 1 is 1.04 bits per heavy atom. The van der Waals surface area contributed by atoms with Crippen LogP contribution in [0.5, 0.6) is 0 Å². The standard InChI is InChI=1S/C13H13F5O2.Cl2HOP/c1-2-3-4-20-6-7(19)5-8-9(14)11(16)13(18)12(17)10(8)15;1-4(2)3/h2,7,19H,1,3-6H2;3H. The van der Waals surface area contributed by atoms with Crippen LogP contribution >= 0.6 is 29.3 Å². The van der Waals surface area contributed by atoms with Crippen molar-refractivity contribution in [3.63, 3.8) is 0 Å². The highest BCUT2D eigenvalue weighted by molar-refractivity contribution is 7.99. The summed E-state index contributed by atoms with van der Waals surface area (Å²) in [6, 6.07) is 0. The predicted octanol–water partition coefficient (Wildman–Crippen LogP) is 4.56. The van der Waals surface area contributed by atoms with Crippen molar-refractivity contribution >= 4 is 29.3 Å². The van der Waals surface area contributed by atoms with Crippen molar-refractivity contribution < 1.29 is 36.7 Å². The highest BCUT2D eigenvalue weighted by Gasteiger charge is 2.26. The molecule has 1 rings (SSSR count). The van der Waals surface area contributed by atoms with E-state index in [1.54, 1.807) is 6.08 Å². The van der Waals surface area contributed by atoms with Crippen LogP contribution in [0.4, 0.5) is 22.0 Å². The van der Waals surface area contributed by atoms with Gasteiger partial charge in [-0.1, -0.05) is 6.08 Å². The molecule has 0 aliphatic carbocycles. The first-order chi connectivity index (χ1) is 11.1. The average molecular weight is 415 g/mol. The maximum absolute atomic E-state index is 13.3. The second-order valence-corrected chi connectivity index (χ2v) is 7.14. The third-order valence-electron chi connectivity index (χ3n) is 2.52. The summed E-state index contributed by atoms with van der Waals surface area (Å²) in [7, 11) is 0. The highest BCUT2D eigenvalue weighted by Crippen LogP contribution is 2.40. The van der Waals surface area contributed by atoms with Gasteiger partial charge in [-0.05, 0) is 28.9 Å². The van der Waals surface area contributed by atoms with Crippen molar-refractivity contribution in [2.45, 2.75) is 18.9 Å². The Labute approximate surface area is 146 Å². The van der Waals surface area contributed by atoms with Crippen LogP contribution in [0.25, 0.3) is 0 Å². The van der Waals surface area contributed by atoms with Crippen LogP contribution in [0.15, 0.2) is 12.7 Å². The van der Waals surface area contributed by atoms with Crippen molar-refractivity contribution in [1.29, 1.82) is 0 Å². The number of benzene rings is 1. The van der Waals surface area contributed by atoms with Crippen LogP contribution in [-0.4, -0.2) is 29.3 Å². The number of halogens is 7. The molecule has 24 heavy (non-hydrogen) atoms. The summed E-state index contributed by atoms with van der Waals surface area (Å²) in [6.45, 7) is 1.71. The van der Waals surface area contributed by atoms with E-state index in [1.165, 1.54) is 0 Å². The number of rotatable bonds is 7. The Bertz CT molecular complexity index is 517. The highest BCUT2D eigenvalue weighted by atomic mass is 35.9. The molecule has 1 unspecified atom stereocenters. The van der Waals surface area contributed by atoms with Gasteiger partial charge in [0.1, 0.15) is 0 Å². The second kappa shape index (κ2) is 12.0. The van der Waals surface area contributed by atoms with Gasteiger partial charge in [-0.15, -0.1) is 6.58 Å². The number of aliphatic hydroxyl groups excluding tert-OH is 1. The van der Waals surface area contributed by atoms with Crippen molar-refractivity contribution in [2.75, 3.05) is 13.2 Å². The van der Waals surface area contributed by atoms with E-state index < -0.39 is 54.0 Å². The van der Waals surface area contributed by atoms with Gasteiger partial charge >= 0.3 is 0 Å². The van der Waals surface area contributed by atoms with Crippen molar-refractivity contribution in [3.05, 3.63) is 47.3 Å². The lowest BCUT2D eigenvalue weighted by atomic mass is 10.1. The molecule has 0 amide bonds. The van der Waals surface area contributed by atoms with E-state index >= 15 is 0 Å². The summed E-state index contributed by atoms with van der Waals surface area (Å²) < 4.78 is 70.2. The summed E-state index contributed by atoms with van der Waals surface area (Å²) in [4.78, 5) is 7.65. The minimum absolute atomic E-state index is 0.234. The molecule has 1 aromatic carbocycles. The molecule has 138 valence electrons. The Balaban J connectivity index is 0.00000118. The fourth-order valence-corrected chi connectivity index (χ4v) is 1.51. The van der Waals surface area contributed by atoms with Crippen LogP contribution < -0.4 is 0 Å². The van der Waals surface area contributed by atoms with E-state index in [1.807, 2.05) is 0 Å². The van der Waals surface area contributed by atoms with Crippen molar-refractivity contribution in [1.82, 2.24) is 0 Å². The minimum Gasteiger partial charge on any atom is -0.390 e. The summed E-state index contributed by atoms with van der Waals surface area (Å²) in [5.74, 6) is -10.2. The first kappa shape index (κ1) is 23.5. The van der Waals surface area contributed by atoms with E-state index in [9.17, 15) is 27.1 Å². The van der Waals surface area contributed by atoms with Crippen LogP contribution in [0.2, 0.25) is 0 Å². The molecule has 0 aromatic heterocycles. The maximum Gasteiger partial charge on any atom is 0.222 e. The van der Waals surface area contributed by atoms with Gasteiger partial charge < -0.3 is 14.7 Å². The molecular formula is C13H14Cl2F5O3P. The van der Waals surface area contributed by atoms with E-state index in [0.717, 1.165) is 0 Å². The summed E-state index contributed by atoms with van der Waals surface area (Å²) in [6.07, 6.45) is -0.0426. The van der Waals surface area contributed by atoms with E-state index in [2.05, 4.69) is 29.1 Å². The average Bonchev–Trinajstić information content (AvgIpc) is 2.51. The van der Waals surface area contributed by atoms with Gasteiger partial charge in [-0.25, -0.2) is 22.0 Å². The molecule has 3 nitrogen and oxygen atoms in total. The van der Waals surface area contributed by atoms with Crippen LogP contribution in [0, 0.1) is 29.1 Å². The minimum atomic E-state index is -2.22. The van der Waals surface area contributed by atoms with Crippen molar-refractivity contribution in [3.8, 4) is 0 Å². The third-order valence-corrected chi connectivity index (χ3v) is 2.52. The zero-order chi connectivity index (χ0) is 18.9. The Morgan fingerprint density at radius 2 is 1.46 bits per heavy atom. The smallest absolute Gasteiger partial charge is 0.222 e. The normalized spacial score (nSPS) is 11.9. The van der Waals surface area contributed by atoms with Gasteiger partial charge in [0.2, 0.25) is 12.7 Å². The van der Waals surface area contributed by atoms with Crippen LogP contribution in [0.3, 0.4) is 0 Å². The Hall–Kier alpha value is -0.500. The molecule has 0 spiro atoms. The van der Waals surface area contributed by atoms with Crippen LogP contribution in [-0.2, 0) is 11.2 Å². The summed E-state index contributed by atoms with van der Waals surface area (Å²) in [5, 5.41) is 9.48. The van der Waals surface area contributed by atoms with E-state index in [0.29, 0.717) is 6.42 Å². The molecule has 0 fully saturated rings. The topological polar surface area (TPSA) is 49.7 Å². The van der Waals surface area contributed by atoms with Gasteiger partial charge in [-0.3, -0.25) is 0 Å². The number of ether oxygens (including phenoxy) is 1.